The van der Waals surface area contributed by atoms with Crippen LogP contribution < -0.4 is 11.3 Å². The lowest BCUT2D eigenvalue weighted by Crippen LogP contribution is -2.07. The van der Waals surface area contributed by atoms with Gasteiger partial charge in [0.25, 0.3) is 5.56 Å². The SMILES string of the molecule is Nc1nc2nc(SCc3ccc(Cl)cc3Cl)[nH]c(=O)c2s1. The van der Waals surface area contributed by atoms with E-state index < -0.39 is 0 Å². The van der Waals surface area contributed by atoms with Crippen LogP contribution in [0.15, 0.2) is 28.2 Å². The summed E-state index contributed by atoms with van der Waals surface area (Å²) in [6.45, 7) is 0. The van der Waals surface area contributed by atoms with Crippen molar-refractivity contribution in [1.29, 1.82) is 0 Å². The molecule has 9 heteroatoms. The van der Waals surface area contributed by atoms with E-state index in [-0.39, 0.29) is 5.56 Å². The number of nitrogens with two attached hydrogens (primary N) is 1. The molecule has 3 aromatic rings. The summed E-state index contributed by atoms with van der Waals surface area (Å²) in [6.07, 6.45) is 0. The molecule has 0 bridgehead atoms. The van der Waals surface area contributed by atoms with E-state index in [4.69, 9.17) is 28.9 Å². The van der Waals surface area contributed by atoms with E-state index in [0.29, 0.717) is 36.4 Å². The number of hydrogen-bond donors (Lipinski definition) is 2. The second kappa shape index (κ2) is 5.84. The van der Waals surface area contributed by atoms with Gasteiger partial charge in [0.15, 0.2) is 15.9 Å². The third kappa shape index (κ3) is 3.16. The number of nitrogens with zero attached hydrogens (tertiary/aromatic N) is 2. The molecule has 3 N–H and O–H groups in total. The lowest BCUT2D eigenvalue weighted by atomic mass is 10.2. The largest absolute Gasteiger partial charge is 0.375 e. The third-order valence-corrected chi connectivity index (χ3v) is 5.02. The molecule has 0 aliphatic heterocycles. The second-order valence-electron chi connectivity index (χ2n) is 4.10. The number of hydrogen-bond acceptors (Lipinski definition) is 6. The van der Waals surface area contributed by atoms with E-state index in [1.54, 1.807) is 12.1 Å². The predicted molar refractivity (Wildman–Crippen MR) is 88.5 cm³/mol. The van der Waals surface area contributed by atoms with Crippen LogP contribution in [-0.2, 0) is 5.75 Å². The lowest BCUT2D eigenvalue weighted by Gasteiger charge is -2.04. The number of thioether (sulfide) groups is 1. The predicted octanol–water partition coefficient (Wildman–Crippen LogP) is 3.56. The average Bonchev–Trinajstić information content (AvgIpc) is 2.79. The van der Waals surface area contributed by atoms with Crippen molar-refractivity contribution in [2.24, 2.45) is 0 Å². The van der Waals surface area contributed by atoms with Gasteiger partial charge < -0.3 is 10.7 Å². The van der Waals surface area contributed by atoms with E-state index in [1.165, 1.54) is 11.8 Å². The maximum Gasteiger partial charge on any atom is 0.271 e. The molecule has 1 aromatic carbocycles. The minimum Gasteiger partial charge on any atom is -0.375 e. The summed E-state index contributed by atoms with van der Waals surface area (Å²) in [7, 11) is 0. The average molecular weight is 359 g/mol. The summed E-state index contributed by atoms with van der Waals surface area (Å²) in [5.74, 6) is 0.560. The number of rotatable bonds is 3. The first-order valence-corrected chi connectivity index (χ1v) is 8.32. The number of nitrogen functional groups attached to an aromatic ring is 1. The fourth-order valence-corrected chi connectivity index (χ4v) is 3.77. The van der Waals surface area contributed by atoms with Gasteiger partial charge in [-0.3, -0.25) is 4.79 Å². The van der Waals surface area contributed by atoms with Crippen LogP contribution in [0.5, 0.6) is 0 Å². The molecule has 0 atom stereocenters. The zero-order valence-electron chi connectivity index (χ0n) is 10.4. The van der Waals surface area contributed by atoms with Gasteiger partial charge in [-0.15, -0.1) is 0 Å². The molecule has 5 nitrogen and oxygen atoms in total. The maximum absolute atomic E-state index is 11.9. The van der Waals surface area contributed by atoms with Gasteiger partial charge in [0.05, 0.1) is 0 Å². The van der Waals surface area contributed by atoms with Crippen molar-refractivity contribution in [3.63, 3.8) is 0 Å². The van der Waals surface area contributed by atoms with Gasteiger partial charge in [0.2, 0.25) is 0 Å². The van der Waals surface area contributed by atoms with E-state index >= 15 is 0 Å². The molecular formula is C12H8Cl2N4OS2. The Morgan fingerprint density at radius 1 is 1.33 bits per heavy atom. The van der Waals surface area contributed by atoms with Crippen LogP contribution in [0, 0.1) is 0 Å². The third-order valence-electron chi connectivity index (χ3n) is 2.64. The Kier molecular flexibility index (Phi) is 4.08. The molecule has 0 spiro atoms. The van der Waals surface area contributed by atoms with Crippen LogP contribution in [0.25, 0.3) is 10.3 Å². The molecule has 2 heterocycles. The highest BCUT2D eigenvalue weighted by Crippen LogP contribution is 2.27. The lowest BCUT2D eigenvalue weighted by molar-refractivity contribution is 0.968. The highest BCUT2D eigenvalue weighted by molar-refractivity contribution is 7.98. The molecule has 0 unspecified atom stereocenters. The first-order valence-electron chi connectivity index (χ1n) is 5.76. The van der Waals surface area contributed by atoms with Crippen LogP contribution in [0.2, 0.25) is 10.0 Å². The Morgan fingerprint density at radius 2 is 2.14 bits per heavy atom. The molecule has 108 valence electrons. The molecule has 3 rings (SSSR count). The van der Waals surface area contributed by atoms with Crippen molar-refractivity contribution in [3.8, 4) is 0 Å². The zero-order valence-corrected chi connectivity index (χ0v) is 13.5. The fourth-order valence-electron chi connectivity index (χ4n) is 1.68. The van der Waals surface area contributed by atoms with Crippen molar-refractivity contribution in [3.05, 3.63) is 44.2 Å². The zero-order chi connectivity index (χ0) is 15.0. The number of nitrogens with one attached hydrogen (secondary N) is 1. The monoisotopic (exact) mass is 358 g/mol. The molecule has 0 saturated carbocycles. The van der Waals surface area contributed by atoms with Crippen molar-refractivity contribution in [2.45, 2.75) is 10.9 Å². The molecule has 0 aliphatic carbocycles. The fraction of sp³-hybridized carbons (Fsp3) is 0.0833. The maximum atomic E-state index is 11.9. The van der Waals surface area contributed by atoms with Crippen molar-refractivity contribution in [2.75, 3.05) is 5.73 Å². The number of anilines is 1. The van der Waals surface area contributed by atoms with Crippen LogP contribution in [0.1, 0.15) is 5.56 Å². The molecule has 21 heavy (non-hydrogen) atoms. The summed E-state index contributed by atoms with van der Waals surface area (Å²) in [6, 6.07) is 5.29. The summed E-state index contributed by atoms with van der Waals surface area (Å²) in [4.78, 5) is 22.9. The highest BCUT2D eigenvalue weighted by atomic mass is 35.5. The normalized spacial score (nSPS) is 11.1. The number of aromatic nitrogens is 3. The molecule has 0 radical (unpaired) electrons. The molecule has 0 amide bonds. The molecule has 0 saturated heterocycles. The van der Waals surface area contributed by atoms with Crippen molar-refractivity contribution < 1.29 is 0 Å². The number of aromatic amines is 1. The smallest absolute Gasteiger partial charge is 0.271 e. The Morgan fingerprint density at radius 3 is 2.90 bits per heavy atom. The minimum absolute atomic E-state index is 0.237. The minimum atomic E-state index is -0.237. The van der Waals surface area contributed by atoms with Gasteiger partial charge in [0.1, 0.15) is 4.70 Å². The highest BCUT2D eigenvalue weighted by Gasteiger charge is 2.10. The Hall–Kier alpha value is -1.28. The number of halogens is 2. The van der Waals surface area contributed by atoms with Crippen LogP contribution in [-0.4, -0.2) is 15.0 Å². The molecule has 2 aromatic heterocycles. The number of thiazole rings is 1. The first-order chi connectivity index (χ1) is 10.0. The second-order valence-corrected chi connectivity index (χ2v) is 6.94. The van der Waals surface area contributed by atoms with Crippen LogP contribution in [0.3, 0.4) is 0 Å². The number of fused-ring (bicyclic) bond motifs is 1. The topological polar surface area (TPSA) is 84.7 Å². The molecule has 0 aliphatic rings. The van der Waals surface area contributed by atoms with E-state index in [2.05, 4.69) is 15.0 Å². The Labute approximate surface area is 137 Å². The standard InChI is InChI=1S/C12H8Cl2N4OS2/c13-6-2-1-5(7(14)3-6)4-20-12-17-9-8(10(19)18-12)21-11(15)16-9/h1-3H,4H2,(H3,15,16,17,18,19). The van der Waals surface area contributed by atoms with E-state index in [1.807, 2.05) is 6.07 Å². The summed E-state index contributed by atoms with van der Waals surface area (Å²) >= 11 is 14.4. The van der Waals surface area contributed by atoms with Crippen LogP contribution >= 0.6 is 46.3 Å². The van der Waals surface area contributed by atoms with E-state index in [0.717, 1.165) is 16.9 Å². The summed E-state index contributed by atoms with van der Waals surface area (Å²) in [5, 5.41) is 1.96. The van der Waals surface area contributed by atoms with Gasteiger partial charge in [-0.1, -0.05) is 52.4 Å². The van der Waals surface area contributed by atoms with E-state index in [9.17, 15) is 4.79 Å². The van der Waals surface area contributed by atoms with Gasteiger partial charge in [0, 0.05) is 15.8 Å². The van der Waals surface area contributed by atoms with Crippen LogP contribution in [0.4, 0.5) is 5.13 Å². The number of benzene rings is 1. The Bertz CT molecular complexity index is 877. The summed E-state index contributed by atoms with van der Waals surface area (Å²) in [5.41, 5.74) is 6.62. The molecular weight excluding hydrogens is 351 g/mol. The first kappa shape index (κ1) is 14.6. The van der Waals surface area contributed by atoms with Gasteiger partial charge in [-0.25, -0.2) is 9.97 Å². The van der Waals surface area contributed by atoms with Gasteiger partial charge in [-0.2, -0.15) is 0 Å². The quantitative estimate of drug-likeness (QED) is 0.552. The number of H-pyrrole nitrogens is 1. The molecule has 0 fully saturated rings. The van der Waals surface area contributed by atoms with Crippen molar-refractivity contribution >= 4 is 61.8 Å². The van der Waals surface area contributed by atoms with Gasteiger partial charge >= 0.3 is 0 Å². The Balaban J connectivity index is 1.86. The van der Waals surface area contributed by atoms with Gasteiger partial charge in [-0.05, 0) is 17.7 Å². The van der Waals surface area contributed by atoms with Crippen molar-refractivity contribution in [1.82, 2.24) is 15.0 Å². The summed E-state index contributed by atoms with van der Waals surface area (Å²) < 4.78 is 0.432.